The molecule has 0 spiro atoms. The van der Waals surface area contributed by atoms with Crippen LogP contribution in [0.25, 0.3) is 0 Å². The summed E-state index contributed by atoms with van der Waals surface area (Å²) in [7, 11) is 0. The Morgan fingerprint density at radius 3 is 2.35 bits per heavy atom. The zero-order chi connectivity index (χ0) is 22.4. The van der Waals surface area contributed by atoms with E-state index in [9.17, 15) is 9.59 Å². The molecule has 31 heavy (non-hydrogen) atoms. The normalized spacial score (nSPS) is 15.0. The second kappa shape index (κ2) is 11.5. The Hall–Kier alpha value is -1.40. The van der Waals surface area contributed by atoms with Crippen molar-refractivity contribution in [3.8, 4) is 0 Å². The highest BCUT2D eigenvalue weighted by molar-refractivity contribution is 8.00. The number of rotatable bonds is 8. The molecule has 1 N–H and O–H groups in total. The van der Waals surface area contributed by atoms with Gasteiger partial charge in [-0.2, -0.15) is 0 Å². The largest absolute Gasteiger partial charge is 0.352 e. The fourth-order valence-electron chi connectivity index (χ4n) is 3.57. The van der Waals surface area contributed by atoms with Crippen LogP contribution >= 0.6 is 46.6 Å². The van der Waals surface area contributed by atoms with Crippen LogP contribution in [0.2, 0.25) is 15.1 Å². The van der Waals surface area contributed by atoms with E-state index in [0.29, 0.717) is 15.1 Å². The molecule has 1 fully saturated rings. The van der Waals surface area contributed by atoms with Crippen LogP contribution in [0.15, 0.2) is 47.4 Å². The average molecular weight is 500 g/mol. The summed E-state index contributed by atoms with van der Waals surface area (Å²) in [5, 5.41) is 4.74. The summed E-state index contributed by atoms with van der Waals surface area (Å²) < 4.78 is 0. The van der Waals surface area contributed by atoms with Crippen LogP contribution in [0.5, 0.6) is 0 Å². The van der Waals surface area contributed by atoms with Crippen molar-refractivity contribution in [3.63, 3.8) is 0 Å². The Morgan fingerprint density at radius 1 is 1.06 bits per heavy atom. The second-order valence-corrected chi connectivity index (χ2v) is 9.99. The molecule has 0 aliphatic heterocycles. The molecule has 0 heterocycles. The topological polar surface area (TPSA) is 49.4 Å². The van der Waals surface area contributed by atoms with E-state index < -0.39 is 6.04 Å². The Labute approximate surface area is 202 Å². The molecule has 4 nitrogen and oxygen atoms in total. The molecule has 0 aromatic heterocycles. The molecule has 0 radical (unpaired) electrons. The van der Waals surface area contributed by atoms with E-state index in [1.807, 2.05) is 12.1 Å². The molecular weight excluding hydrogens is 475 g/mol. The number of hydrogen-bond acceptors (Lipinski definition) is 3. The van der Waals surface area contributed by atoms with Crippen molar-refractivity contribution in [2.24, 2.45) is 0 Å². The molecule has 0 bridgehead atoms. The van der Waals surface area contributed by atoms with E-state index in [4.69, 9.17) is 34.8 Å². The molecule has 1 aliphatic carbocycles. The molecular formula is C23H25Cl3N2O2S. The lowest BCUT2D eigenvalue weighted by atomic mass is 10.1. The van der Waals surface area contributed by atoms with E-state index in [1.54, 1.807) is 42.2 Å². The Kier molecular flexibility index (Phi) is 8.96. The first kappa shape index (κ1) is 24.2. The highest BCUT2D eigenvalue weighted by Gasteiger charge is 2.28. The van der Waals surface area contributed by atoms with Crippen molar-refractivity contribution in [2.75, 3.05) is 5.75 Å². The van der Waals surface area contributed by atoms with Crippen LogP contribution in [-0.2, 0) is 16.1 Å². The van der Waals surface area contributed by atoms with Crippen molar-refractivity contribution in [3.05, 3.63) is 63.1 Å². The fourth-order valence-corrected chi connectivity index (χ4v) is 4.95. The number of hydrogen-bond donors (Lipinski definition) is 1. The van der Waals surface area contributed by atoms with Gasteiger partial charge in [-0.15, -0.1) is 11.8 Å². The predicted molar refractivity (Wildman–Crippen MR) is 129 cm³/mol. The molecule has 2 aromatic rings. The third kappa shape index (κ3) is 7.04. The van der Waals surface area contributed by atoms with Crippen molar-refractivity contribution < 1.29 is 9.59 Å². The predicted octanol–water partition coefficient (Wildman–Crippen LogP) is 6.22. The lowest BCUT2D eigenvalue weighted by Crippen LogP contribution is -2.50. The molecule has 1 saturated carbocycles. The van der Waals surface area contributed by atoms with Gasteiger partial charge in [-0.25, -0.2) is 0 Å². The van der Waals surface area contributed by atoms with E-state index in [0.717, 1.165) is 36.1 Å². The third-order valence-corrected chi connectivity index (χ3v) is 7.24. The van der Waals surface area contributed by atoms with Crippen molar-refractivity contribution in [1.82, 2.24) is 10.2 Å². The van der Waals surface area contributed by atoms with Crippen LogP contribution in [0.4, 0.5) is 0 Å². The molecule has 3 rings (SSSR count). The van der Waals surface area contributed by atoms with Crippen LogP contribution in [0, 0.1) is 0 Å². The van der Waals surface area contributed by atoms with Gasteiger partial charge in [-0.1, -0.05) is 53.7 Å². The monoisotopic (exact) mass is 498 g/mol. The maximum atomic E-state index is 13.2. The van der Waals surface area contributed by atoms with Crippen molar-refractivity contribution in [1.29, 1.82) is 0 Å². The van der Waals surface area contributed by atoms with Gasteiger partial charge in [0, 0.05) is 32.5 Å². The van der Waals surface area contributed by atoms with Gasteiger partial charge in [-0.05, 0) is 61.7 Å². The standard InChI is InChI=1S/C23H25Cl3N2O2S/c1-15(23(30)27-19-4-2-3-5-19)28(13-16-6-7-18(25)12-21(16)26)22(29)14-31-20-10-8-17(24)9-11-20/h6-12,15,19H,2-5,13-14H2,1H3,(H,27,30)/t15-/m1/s1. The minimum atomic E-state index is -0.620. The van der Waals surface area contributed by atoms with Gasteiger partial charge in [-0.3, -0.25) is 9.59 Å². The number of nitrogens with one attached hydrogen (secondary N) is 1. The zero-order valence-corrected chi connectivity index (χ0v) is 20.3. The minimum absolute atomic E-state index is 0.137. The molecule has 8 heteroatoms. The first-order valence-corrected chi connectivity index (χ1v) is 12.4. The van der Waals surface area contributed by atoms with Crippen LogP contribution < -0.4 is 5.32 Å². The summed E-state index contributed by atoms with van der Waals surface area (Å²) in [4.78, 5) is 28.6. The summed E-state index contributed by atoms with van der Waals surface area (Å²) in [6.07, 6.45) is 4.23. The summed E-state index contributed by atoms with van der Waals surface area (Å²) in [6, 6.07) is 12.1. The fraction of sp³-hybridized carbons (Fsp3) is 0.391. The lowest BCUT2D eigenvalue weighted by Gasteiger charge is -2.30. The quantitative estimate of drug-likeness (QED) is 0.439. The van der Waals surface area contributed by atoms with E-state index in [-0.39, 0.29) is 30.2 Å². The van der Waals surface area contributed by atoms with Gasteiger partial charge in [0.2, 0.25) is 11.8 Å². The number of benzene rings is 2. The van der Waals surface area contributed by atoms with E-state index in [1.165, 1.54) is 11.8 Å². The molecule has 0 unspecified atom stereocenters. The SMILES string of the molecule is C[C@H](C(=O)NC1CCCC1)N(Cc1ccc(Cl)cc1Cl)C(=O)CSc1ccc(Cl)cc1. The molecule has 1 aliphatic rings. The maximum Gasteiger partial charge on any atom is 0.242 e. The van der Waals surface area contributed by atoms with Crippen molar-refractivity contribution >= 4 is 58.4 Å². The molecule has 166 valence electrons. The number of amides is 2. The van der Waals surface area contributed by atoms with Crippen molar-refractivity contribution in [2.45, 2.75) is 56.1 Å². The number of carbonyl (C=O) groups is 2. The highest BCUT2D eigenvalue weighted by atomic mass is 35.5. The lowest BCUT2D eigenvalue weighted by molar-refractivity contribution is -0.138. The van der Waals surface area contributed by atoms with Crippen LogP contribution in [-0.4, -0.2) is 34.6 Å². The zero-order valence-electron chi connectivity index (χ0n) is 17.2. The van der Waals surface area contributed by atoms with Crippen LogP contribution in [0.1, 0.15) is 38.2 Å². The molecule has 2 amide bonds. The van der Waals surface area contributed by atoms with Gasteiger partial charge < -0.3 is 10.2 Å². The number of carbonyl (C=O) groups excluding carboxylic acids is 2. The summed E-state index contributed by atoms with van der Waals surface area (Å²) in [5.74, 6) is -0.0738. The number of nitrogens with zero attached hydrogens (tertiary/aromatic N) is 1. The molecule has 1 atom stereocenters. The van der Waals surface area contributed by atoms with Gasteiger partial charge >= 0.3 is 0 Å². The molecule has 0 saturated heterocycles. The van der Waals surface area contributed by atoms with Gasteiger partial charge in [0.25, 0.3) is 0 Å². The van der Waals surface area contributed by atoms with Gasteiger partial charge in [0.05, 0.1) is 5.75 Å². The number of halogens is 3. The maximum absolute atomic E-state index is 13.2. The first-order chi connectivity index (χ1) is 14.8. The Balaban J connectivity index is 1.73. The summed E-state index contributed by atoms with van der Waals surface area (Å²) >= 11 is 19.7. The van der Waals surface area contributed by atoms with E-state index >= 15 is 0 Å². The highest BCUT2D eigenvalue weighted by Crippen LogP contribution is 2.25. The van der Waals surface area contributed by atoms with Crippen LogP contribution in [0.3, 0.4) is 0 Å². The second-order valence-electron chi connectivity index (χ2n) is 7.67. The van der Waals surface area contributed by atoms with E-state index in [2.05, 4.69) is 5.32 Å². The Morgan fingerprint density at radius 2 is 1.71 bits per heavy atom. The first-order valence-electron chi connectivity index (χ1n) is 10.3. The molecule has 2 aromatic carbocycles. The van der Waals surface area contributed by atoms with Gasteiger partial charge in [0.1, 0.15) is 6.04 Å². The Bertz CT molecular complexity index is 918. The number of thioether (sulfide) groups is 1. The minimum Gasteiger partial charge on any atom is -0.352 e. The average Bonchev–Trinajstić information content (AvgIpc) is 3.25. The smallest absolute Gasteiger partial charge is 0.242 e. The summed E-state index contributed by atoms with van der Waals surface area (Å²) in [5.41, 5.74) is 0.747. The van der Waals surface area contributed by atoms with Gasteiger partial charge in [0.15, 0.2) is 0 Å². The third-order valence-electron chi connectivity index (χ3n) is 5.40. The summed E-state index contributed by atoms with van der Waals surface area (Å²) in [6.45, 7) is 1.99.